The molecule has 6 aromatic carbocycles. The van der Waals surface area contributed by atoms with Crippen molar-refractivity contribution in [3.63, 3.8) is 0 Å². The van der Waals surface area contributed by atoms with Crippen LogP contribution in [0.5, 0.6) is 11.5 Å². The molecule has 0 spiro atoms. The number of methoxy groups -OCH3 is 1. The second-order valence-electron chi connectivity index (χ2n) is 17.8. The highest BCUT2D eigenvalue weighted by molar-refractivity contribution is 6.21. The number of rotatable bonds is 19. The van der Waals surface area contributed by atoms with E-state index in [9.17, 15) is 14.4 Å². The van der Waals surface area contributed by atoms with Crippen LogP contribution < -0.4 is 9.47 Å². The predicted octanol–water partition coefficient (Wildman–Crippen LogP) is 8.29. The van der Waals surface area contributed by atoms with Crippen molar-refractivity contribution in [2.24, 2.45) is 0 Å². The summed E-state index contributed by atoms with van der Waals surface area (Å²) in [7, 11) is 1.56. The third-order valence-corrected chi connectivity index (χ3v) is 13.0. The van der Waals surface area contributed by atoms with Gasteiger partial charge in [-0.2, -0.15) is 0 Å². The molecule has 0 bridgehead atoms. The molecule has 6 aromatic rings. The molecule has 0 N–H and O–H groups in total. The second-order valence-corrected chi connectivity index (χ2v) is 17.8. The predicted molar refractivity (Wildman–Crippen MR) is 263 cm³/mol. The van der Waals surface area contributed by atoms with Crippen LogP contribution in [0.3, 0.4) is 0 Å². The number of fused-ring (bicyclic) bond motifs is 2. The lowest BCUT2D eigenvalue weighted by Gasteiger charge is -2.52. The van der Waals surface area contributed by atoms with Crippen molar-refractivity contribution in [2.75, 3.05) is 26.9 Å². The molecule has 3 fully saturated rings. The van der Waals surface area contributed by atoms with E-state index in [2.05, 4.69) is 6.58 Å². The minimum atomic E-state index is -1.45. The van der Waals surface area contributed by atoms with Gasteiger partial charge in [-0.15, -0.1) is 6.58 Å². The highest BCUT2D eigenvalue weighted by Gasteiger charge is 2.59. The first-order valence-corrected chi connectivity index (χ1v) is 24.2. The van der Waals surface area contributed by atoms with E-state index < -0.39 is 85.4 Å². The summed E-state index contributed by atoms with van der Waals surface area (Å²) in [4.78, 5) is 45.0. The number of carbonyl (C=O) groups is 3. The molecule has 4 aliphatic heterocycles. The molecule has 15 heteroatoms. The zero-order chi connectivity index (χ0) is 50.1. The number of nitrogens with zero attached hydrogens (tertiary/aromatic N) is 1. The van der Waals surface area contributed by atoms with Crippen LogP contribution in [0.1, 0.15) is 54.1 Å². The molecule has 11 atom stereocenters. The Labute approximate surface area is 423 Å². The van der Waals surface area contributed by atoms with Crippen LogP contribution in [-0.4, -0.2) is 111 Å². The van der Waals surface area contributed by atoms with Gasteiger partial charge in [0.1, 0.15) is 54.2 Å². The van der Waals surface area contributed by atoms with Crippen molar-refractivity contribution in [1.82, 2.24) is 4.90 Å². The molecule has 0 saturated carbocycles. The standard InChI is InChI=1S/C58H55NO14/c1-3-32-65-51-49-46(36-67-56(72-49)40-24-14-7-15-25-40)70-58(52(51)71-55(62)39-22-12-6-13-23-39)73-48-45(35-64-33-37-18-8-4-9-19-37)69-57(68-42-30-28-41(63-2)29-31-42)47(50(48)66-34-38-20-10-5-11-21-38)59-53(60)43-26-16-17-27-44(43)54(59)61/h3-31,45-52,56-58H,1,32-36H2,2H3. The van der Waals surface area contributed by atoms with E-state index in [0.717, 1.165) is 21.6 Å². The van der Waals surface area contributed by atoms with Crippen LogP contribution in [-0.2, 0) is 55.8 Å². The molecule has 376 valence electrons. The largest absolute Gasteiger partial charge is 0.497 e. The van der Waals surface area contributed by atoms with E-state index in [1.165, 1.54) is 0 Å². The zero-order valence-electron chi connectivity index (χ0n) is 40.0. The summed E-state index contributed by atoms with van der Waals surface area (Å²) in [5.41, 5.74) is 3.11. The number of esters is 1. The van der Waals surface area contributed by atoms with Crippen molar-refractivity contribution >= 4 is 17.8 Å². The highest BCUT2D eigenvalue weighted by atomic mass is 16.8. The van der Waals surface area contributed by atoms with Crippen molar-refractivity contribution in [3.8, 4) is 11.5 Å². The molecule has 10 rings (SSSR count). The minimum absolute atomic E-state index is 0.00580. The minimum Gasteiger partial charge on any atom is -0.497 e. The van der Waals surface area contributed by atoms with Gasteiger partial charge in [0.15, 0.2) is 18.7 Å². The molecule has 0 radical (unpaired) electrons. The molecular formula is C58H55NO14. The Morgan fingerprint density at radius 3 is 1.89 bits per heavy atom. The zero-order valence-corrected chi connectivity index (χ0v) is 40.0. The summed E-state index contributed by atoms with van der Waals surface area (Å²) < 4.78 is 72.7. The van der Waals surface area contributed by atoms with Gasteiger partial charge in [-0.1, -0.05) is 127 Å². The van der Waals surface area contributed by atoms with Gasteiger partial charge < -0.3 is 52.1 Å². The molecular weight excluding hydrogens is 935 g/mol. The quantitative estimate of drug-likeness (QED) is 0.0434. The smallest absolute Gasteiger partial charge is 0.338 e. The molecule has 0 aliphatic carbocycles. The number of hydrogen-bond donors (Lipinski definition) is 0. The summed E-state index contributed by atoms with van der Waals surface area (Å²) >= 11 is 0. The van der Waals surface area contributed by atoms with E-state index in [1.54, 1.807) is 92.0 Å². The second kappa shape index (κ2) is 23.2. The third kappa shape index (κ3) is 11.1. The first-order valence-electron chi connectivity index (χ1n) is 24.2. The van der Waals surface area contributed by atoms with Crippen molar-refractivity contribution in [2.45, 2.75) is 80.9 Å². The fraction of sp³-hybridized carbons (Fsp3) is 0.293. The van der Waals surface area contributed by atoms with Gasteiger partial charge in [-0.05, 0) is 59.7 Å². The van der Waals surface area contributed by atoms with Gasteiger partial charge in [-0.25, -0.2) is 4.79 Å². The van der Waals surface area contributed by atoms with E-state index in [4.69, 9.17) is 52.1 Å². The molecule has 4 aliphatic rings. The van der Waals surface area contributed by atoms with Gasteiger partial charge in [0.2, 0.25) is 6.29 Å². The maximum Gasteiger partial charge on any atom is 0.338 e. The van der Waals surface area contributed by atoms with E-state index in [-0.39, 0.29) is 49.7 Å². The van der Waals surface area contributed by atoms with Gasteiger partial charge in [0.25, 0.3) is 11.8 Å². The van der Waals surface area contributed by atoms with E-state index in [0.29, 0.717) is 11.5 Å². The molecule has 3 saturated heterocycles. The molecule has 4 heterocycles. The summed E-state index contributed by atoms with van der Waals surface area (Å²) in [6.07, 6.45) is -9.63. The third-order valence-electron chi connectivity index (χ3n) is 13.0. The van der Waals surface area contributed by atoms with Gasteiger partial charge in [0.05, 0.1) is 56.8 Å². The number of ether oxygens (including phenoxy) is 11. The lowest BCUT2D eigenvalue weighted by Crippen LogP contribution is -2.70. The number of imide groups is 1. The molecule has 15 nitrogen and oxygen atoms in total. The number of carbonyl (C=O) groups excluding carboxylic acids is 3. The fourth-order valence-corrected chi connectivity index (χ4v) is 9.50. The molecule has 0 aromatic heterocycles. The number of benzene rings is 6. The lowest BCUT2D eigenvalue weighted by molar-refractivity contribution is -0.384. The van der Waals surface area contributed by atoms with E-state index in [1.807, 2.05) is 91.0 Å². The van der Waals surface area contributed by atoms with Crippen LogP contribution >= 0.6 is 0 Å². The average molecular weight is 990 g/mol. The van der Waals surface area contributed by atoms with Crippen LogP contribution in [0, 0.1) is 0 Å². The molecule has 11 unspecified atom stereocenters. The monoisotopic (exact) mass is 989 g/mol. The Morgan fingerprint density at radius 1 is 0.644 bits per heavy atom. The van der Waals surface area contributed by atoms with Crippen LogP contribution in [0.2, 0.25) is 0 Å². The topological polar surface area (TPSA) is 156 Å². The summed E-state index contributed by atoms with van der Waals surface area (Å²) in [5, 5.41) is 0. The Kier molecular flexibility index (Phi) is 15.8. The number of hydrogen-bond acceptors (Lipinski definition) is 14. The van der Waals surface area contributed by atoms with Crippen LogP contribution in [0.25, 0.3) is 0 Å². The Morgan fingerprint density at radius 2 is 1.25 bits per heavy atom. The van der Waals surface area contributed by atoms with Crippen molar-refractivity contribution < 1.29 is 66.5 Å². The van der Waals surface area contributed by atoms with E-state index >= 15 is 0 Å². The van der Waals surface area contributed by atoms with Gasteiger partial charge in [-0.3, -0.25) is 14.5 Å². The number of amides is 2. The molecule has 2 amide bonds. The van der Waals surface area contributed by atoms with Gasteiger partial charge >= 0.3 is 5.97 Å². The fourth-order valence-electron chi connectivity index (χ4n) is 9.50. The SMILES string of the molecule is C=CCOC1C2OC(c3ccccc3)OCC2OC(OC2C(COCc3ccccc3)OC(Oc3ccc(OC)cc3)C(N3C(=O)c4ccccc4C3=O)C2OCc2ccccc2)C1OC(=O)c1ccccc1. The Bertz CT molecular complexity index is 2750. The van der Waals surface area contributed by atoms with Gasteiger partial charge in [0, 0.05) is 5.56 Å². The maximum atomic E-state index is 14.8. The van der Waals surface area contributed by atoms with Crippen LogP contribution in [0.15, 0.2) is 183 Å². The van der Waals surface area contributed by atoms with Crippen molar-refractivity contribution in [3.05, 3.63) is 216 Å². The lowest BCUT2D eigenvalue weighted by atomic mass is 9.93. The van der Waals surface area contributed by atoms with Crippen LogP contribution in [0.4, 0.5) is 0 Å². The molecule has 73 heavy (non-hydrogen) atoms. The van der Waals surface area contributed by atoms with Crippen molar-refractivity contribution in [1.29, 1.82) is 0 Å². The summed E-state index contributed by atoms with van der Waals surface area (Å²) in [6.45, 7) is 4.04. The first-order chi connectivity index (χ1) is 35.9. The summed E-state index contributed by atoms with van der Waals surface area (Å²) in [5.74, 6) is -0.929. The Balaban J connectivity index is 1.08. The maximum absolute atomic E-state index is 14.8. The average Bonchev–Trinajstić information content (AvgIpc) is 3.69. The first kappa shape index (κ1) is 49.5. The summed E-state index contributed by atoms with van der Waals surface area (Å²) in [6, 6.07) is 49.2. The highest BCUT2D eigenvalue weighted by Crippen LogP contribution is 2.41. The normalized spacial score (nSPS) is 26.6. The Hall–Kier alpha value is -7.05.